The predicted octanol–water partition coefficient (Wildman–Crippen LogP) is 2.41. The largest absolute Gasteiger partial charge is 0.471 e. The summed E-state index contributed by atoms with van der Waals surface area (Å²) in [7, 11) is 1.84. The SMILES string of the molecule is C[C@H](Oc1nc(Cl)nc(N2C[C@H](C)NC3(CC3)C2)c1F)[C@@H]1C[C@@H](F)CN1C. The molecule has 3 heterocycles. The van der Waals surface area contributed by atoms with E-state index in [-0.39, 0.29) is 34.6 Å². The summed E-state index contributed by atoms with van der Waals surface area (Å²) in [6.07, 6.45) is 1.21. The number of nitrogens with one attached hydrogen (secondary N) is 1. The van der Waals surface area contributed by atoms with Crippen LogP contribution >= 0.6 is 11.6 Å². The maximum absolute atomic E-state index is 15.2. The molecule has 9 heteroatoms. The fourth-order valence-corrected chi connectivity index (χ4v) is 4.59. The van der Waals surface area contributed by atoms with Crippen LogP contribution in [0.5, 0.6) is 5.88 Å². The Hall–Kier alpha value is -1.25. The van der Waals surface area contributed by atoms with Gasteiger partial charge in [-0.15, -0.1) is 0 Å². The van der Waals surface area contributed by atoms with Crippen LogP contribution in [0.15, 0.2) is 0 Å². The molecule has 1 saturated carbocycles. The van der Waals surface area contributed by atoms with Crippen molar-refractivity contribution in [3.05, 3.63) is 11.1 Å². The average Bonchev–Trinajstić information content (AvgIpc) is 3.22. The van der Waals surface area contributed by atoms with Crippen LogP contribution in [0.2, 0.25) is 5.28 Å². The maximum atomic E-state index is 15.2. The first-order valence-electron chi connectivity index (χ1n) is 9.53. The molecule has 2 saturated heterocycles. The van der Waals surface area contributed by atoms with Gasteiger partial charge in [-0.05, 0) is 51.8 Å². The van der Waals surface area contributed by atoms with Crippen molar-refractivity contribution in [1.82, 2.24) is 20.2 Å². The van der Waals surface area contributed by atoms with Crippen LogP contribution in [0.4, 0.5) is 14.6 Å². The topological polar surface area (TPSA) is 53.5 Å². The summed E-state index contributed by atoms with van der Waals surface area (Å²) in [5.74, 6) is -0.585. The van der Waals surface area contributed by atoms with Gasteiger partial charge in [0.2, 0.25) is 11.1 Å². The van der Waals surface area contributed by atoms with Crippen LogP contribution in [0.1, 0.15) is 33.1 Å². The van der Waals surface area contributed by atoms with Gasteiger partial charge >= 0.3 is 0 Å². The fourth-order valence-electron chi connectivity index (χ4n) is 4.44. The van der Waals surface area contributed by atoms with Crippen LogP contribution < -0.4 is 15.0 Å². The van der Waals surface area contributed by atoms with Gasteiger partial charge in [0.1, 0.15) is 12.3 Å². The minimum Gasteiger partial charge on any atom is -0.471 e. The van der Waals surface area contributed by atoms with Gasteiger partial charge in [-0.25, -0.2) is 4.39 Å². The monoisotopic (exact) mass is 401 g/mol. The van der Waals surface area contributed by atoms with Crippen molar-refractivity contribution in [3.8, 4) is 5.88 Å². The Morgan fingerprint density at radius 2 is 2.07 bits per heavy atom. The smallest absolute Gasteiger partial charge is 0.257 e. The molecule has 1 N–H and O–H groups in total. The Balaban J connectivity index is 1.56. The first kappa shape index (κ1) is 19.1. The third-order valence-electron chi connectivity index (χ3n) is 5.86. The molecule has 4 atom stereocenters. The molecule has 3 fully saturated rings. The van der Waals surface area contributed by atoms with E-state index in [0.717, 1.165) is 12.8 Å². The summed E-state index contributed by atoms with van der Waals surface area (Å²) in [6, 6.07) is 0.0943. The van der Waals surface area contributed by atoms with Gasteiger partial charge < -0.3 is 15.0 Å². The van der Waals surface area contributed by atoms with Crippen molar-refractivity contribution in [2.24, 2.45) is 0 Å². The Bertz CT molecular complexity index is 719. The Labute approximate surface area is 163 Å². The van der Waals surface area contributed by atoms with E-state index in [1.165, 1.54) is 0 Å². The van der Waals surface area contributed by atoms with Crippen molar-refractivity contribution in [2.75, 3.05) is 31.6 Å². The predicted molar refractivity (Wildman–Crippen MR) is 99.8 cm³/mol. The first-order valence-corrected chi connectivity index (χ1v) is 9.91. The fraction of sp³-hybridized carbons (Fsp3) is 0.778. The number of aromatic nitrogens is 2. The Morgan fingerprint density at radius 3 is 2.70 bits per heavy atom. The summed E-state index contributed by atoms with van der Waals surface area (Å²) in [6.45, 7) is 5.56. The van der Waals surface area contributed by atoms with Gasteiger partial charge in [-0.1, -0.05) is 0 Å². The highest BCUT2D eigenvalue weighted by atomic mass is 35.5. The molecule has 0 bridgehead atoms. The third-order valence-corrected chi connectivity index (χ3v) is 6.03. The van der Waals surface area contributed by atoms with Gasteiger partial charge in [-0.3, -0.25) is 4.90 Å². The van der Waals surface area contributed by atoms with Crippen molar-refractivity contribution in [2.45, 2.75) is 63.0 Å². The molecule has 150 valence electrons. The average molecular weight is 402 g/mol. The number of anilines is 1. The number of likely N-dealkylation sites (N-methyl/N-ethyl adjacent to an activating group) is 1. The Morgan fingerprint density at radius 1 is 1.33 bits per heavy atom. The maximum Gasteiger partial charge on any atom is 0.257 e. The van der Waals surface area contributed by atoms with E-state index in [1.54, 1.807) is 6.92 Å². The highest BCUT2D eigenvalue weighted by Crippen LogP contribution is 2.40. The summed E-state index contributed by atoms with van der Waals surface area (Å²) in [4.78, 5) is 11.9. The minimum atomic E-state index is -0.891. The molecule has 3 aliphatic rings. The number of hydrogen-bond acceptors (Lipinski definition) is 6. The zero-order valence-corrected chi connectivity index (χ0v) is 16.6. The lowest BCUT2D eigenvalue weighted by Gasteiger charge is -2.39. The first-order chi connectivity index (χ1) is 12.8. The lowest BCUT2D eigenvalue weighted by atomic mass is 10.1. The quantitative estimate of drug-likeness (QED) is 0.782. The zero-order valence-electron chi connectivity index (χ0n) is 15.9. The molecule has 0 amide bonds. The second-order valence-corrected chi connectivity index (χ2v) is 8.64. The molecule has 1 aromatic heterocycles. The number of alkyl halides is 1. The van der Waals surface area contributed by atoms with Gasteiger partial charge in [-0.2, -0.15) is 14.4 Å². The molecular formula is C18H26ClF2N5O. The van der Waals surface area contributed by atoms with Gasteiger partial charge in [0.15, 0.2) is 5.82 Å². The van der Waals surface area contributed by atoms with E-state index in [4.69, 9.17) is 16.3 Å². The number of likely N-dealkylation sites (tertiary alicyclic amines) is 1. The molecular weight excluding hydrogens is 376 g/mol. The van der Waals surface area contributed by atoms with E-state index < -0.39 is 18.1 Å². The Kier molecular flexibility index (Phi) is 4.93. The molecule has 0 aromatic carbocycles. The van der Waals surface area contributed by atoms with E-state index in [1.807, 2.05) is 16.8 Å². The van der Waals surface area contributed by atoms with Crippen LogP contribution in [-0.4, -0.2) is 71.4 Å². The van der Waals surface area contributed by atoms with Crippen LogP contribution in [0, 0.1) is 5.82 Å². The highest BCUT2D eigenvalue weighted by molar-refractivity contribution is 6.28. The minimum absolute atomic E-state index is 0.0484. The number of hydrogen-bond donors (Lipinski definition) is 1. The lowest BCUT2D eigenvalue weighted by molar-refractivity contribution is 0.112. The van der Waals surface area contributed by atoms with Crippen molar-refractivity contribution in [1.29, 1.82) is 0 Å². The lowest BCUT2D eigenvalue weighted by Crippen LogP contribution is -2.57. The molecule has 27 heavy (non-hydrogen) atoms. The van der Waals surface area contributed by atoms with E-state index >= 15 is 4.39 Å². The summed E-state index contributed by atoms with van der Waals surface area (Å²) < 4.78 is 34.7. The highest BCUT2D eigenvalue weighted by Gasteiger charge is 2.48. The van der Waals surface area contributed by atoms with Gasteiger partial charge in [0.25, 0.3) is 5.88 Å². The van der Waals surface area contributed by atoms with Crippen molar-refractivity contribution in [3.63, 3.8) is 0 Å². The van der Waals surface area contributed by atoms with Crippen LogP contribution in [0.3, 0.4) is 0 Å². The van der Waals surface area contributed by atoms with Crippen molar-refractivity contribution < 1.29 is 13.5 Å². The van der Waals surface area contributed by atoms with Gasteiger partial charge in [0.05, 0.1) is 0 Å². The number of rotatable bonds is 4. The number of halogens is 3. The molecule has 1 aromatic rings. The summed E-state index contributed by atoms with van der Waals surface area (Å²) in [5.41, 5.74) is 0.0541. The second kappa shape index (κ2) is 6.97. The van der Waals surface area contributed by atoms with E-state index in [2.05, 4.69) is 22.2 Å². The number of nitrogens with zero attached hydrogens (tertiary/aromatic N) is 4. The van der Waals surface area contributed by atoms with E-state index in [0.29, 0.717) is 26.1 Å². The number of piperazine rings is 1. The normalized spacial score (nSPS) is 31.3. The molecule has 2 aliphatic heterocycles. The molecule has 0 unspecified atom stereocenters. The number of ether oxygens (including phenoxy) is 1. The van der Waals surface area contributed by atoms with Crippen LogP contribution in [0.25, 0.3) is 0 Å². The molecule has 6 nitrogen and oxygen atoms in total. The molecule has 0 radical (unpaired) electrons. The summed E-state index contributed by atoms with van der Waals surface area (Å²) in [5, 5.41) is 3.53. The molecule has 1 spiro atoms. The summed E-state index contributed by atoms with van der Waals surface area (Å²) >= 11 is 6.08. The van der Waals surface area contributed by atoms with E-state index in [9.17, 15) is 4.39 Å². The van der Waals surface area contributed by atoms with Crippen molar-refractivity contribution >= 4 is 17.4 Å². The third kappa shape index (κ3) is 3.84. The standard InChI is InChI=1S/C18H26ClF2N5O/c1-10-7-26(9-18(24-10)4-5-18)15-14(21)16(23-17(19)22-15)27-11(2)13-6-12(20)8-25(13)3/h10-13,24H,4-9H2,1-3H3/t10-,11-,12+,13-/m0/s1. The molecule has 1 aliphatic carbocycles. The second-order valence-electron chi connectivity index (χ2n) is 8.30. The van der Waals surface area contributed by atoms with Crippen LogP contribution in [-0.2, 0) is 0 Å². The zero-order chi connectivity index (χ0) is 19.3. The van der Waals surface area contributed by atoms with Gasteiger partial charge in [0, 0.05) is 37.3 Å². The molecule has 4 rings (SSSR count).